The first-order chi connectivity index (χ1) is 12.7. The summed E-state index contributed by atoms with van der Waals surface area (Å²) < 4.78 is 66.8. The molecule has 0 aromatic rings. The molecule has 2 heterocycles. The summed E-state index contributed by atoms with van der Waals surface area (Å²) in [5.41, 5.74) is -5.23. The van der Waals surface area contributed by atoms with Crippen LogP contribution in [0.5, 0.6) is 0 Å². The number of piperidine rings is 1. The highest BCUT2D eigenvalue weighted by molar-refractivity contribution is 7.90. The highest BCUT2D eigenvalue weighted by Gasteiger charge is 2.50. The Labute approximate surface area is 159 Å². The van der Waals surface area contributed by atoms with Crippen molar-refractivity contribution < 1.29 is 26.3 Å². The van der Waals surface area contributed by atoms with Gasteiger partial charge in [-0.25, -0.2) is 8.42 Å². The second-order valence-corrected chi connectivity index (χ2v) is 8.91. The van der Waals surface area contributed by atoms with E-state index < -0.39 is 15.5 Å². The van der Waals surface area contributed by atoms with Gasteiger partial charge in [-0.05, 0) is 32.1 Å². The Balaban J connectivity index is 1.77. The molecule has 1 N–H and O–H groups in total. The summed E-state index contributed by atoms with van der Waals surface area (Å²) in [6.45, 7) is 5.52. The Morgan fingerprint density at radius 1 is 1.19 bits per heavy atom. The van der Waals surface area contributed by atoms with Crippen molar-refractivity contribution in [1.82, 2.24) is 14.5 Å². The quantitative estimate of drug-likeness (QED) is 0.527. The van der Waals surface area contributed by atoms with E-state index in [2.05, 4.69) is 15.2 Å². The van der Waals surface area contributed by atoms with Gasteiger partial charge in [0, 0.05) is 52.3 Å². The standard InChI is InChI=1S/C16H29F3N4O3S/c1-3-26-12-14-4-7-22(11-14)15(20-2)21-10-13-5-8-23(9-6-13)27(24,25)16(17,18)19/h13-14H,3-12H2,1-2H3,(H,20,21). The van der Waals surface area contributed by atoms with Crippen molar-refractivity contribution in [2.24, 2.45) is 16.8 Å². The number of sulfonamides is 1. The van der Waals surface area contributed by atoms with E-state index in [1.807, 2.05) is 6.92 Å². The van der Waals surface area contributed by atoms with Crippen LogP contribution >= 0.6 is 0 Å². The minimum atomic E-state index is -5.23. The lowest BCUT2D eigenvalue weighted by molar-refractivity contribution is -0.0496. The maximum atomic E-state index is 12.6. The predicted molar refractivity (Wildman–Crippen MR) is 96.8 cm³/mol. The average molecular weight is 414 g/mol. The first kappa shape index (κ1) is 22.2. The Morgan fingerprint density at radius 2 is 1.81 bits per heavy atom. The lowest BCUT2D eigenvalue weighted by atomic mass is 9.98. The minimum Gasteiger partial charge on any atom is -0.381 e. The molecule has 0 spiro atoms. The Kier molecular flexibility index (Phi) is 7.75. The van der Waals surface area contributed by atoms with Crippen molar-refractivity contribution in [3.63, 3.8) is 0 Å². The number of likely N-dealkylation sites (tertiary alicyclic amines) is 1. The number of nitrogens with zero attached hydrogens (tertiary/aromatic N) is 3. The van der Waals surface area contributed by atoms with Gasteiger partial charge in [0.2, 0.25) is 0 Å². The number of hydrogen-bond acceptors (Lipinski definition) is 4. The van der Waals surface area contributed by atoms with Gasteiger partial charge in [0.15, 0.2) is 5.96 Å². The zero-order chi connectivity index (χ0) is 20.1. The molecule has 1 atom stereocenters. The summed E-state index contributed by atoms with van der Waals surface area (Å²) >= 11 is 0. The van der Waals surface area contributed by atoms with Gasteiger partial charge in [-0.2, -0.15) is 17.5 Å². The molecular weight excluding hydrogens is 385 g/mol. The third kappa shape index (κ3) is 5.71. The third-order valence-electron chi connectivity index (χ3n) is 5.11. The van der Waals surface area contributed by atoms with E-state index in [1.165, 1.54) is 0 Å². The van der Waals surface area contributed by atoms with Gasteiger partial charge in [-0.15, -0.1) is 0 Å². The number of ether oxygens (including phenoxy) is 1. The second-order valence-electron chi connectivity index (χ2n) is 6.98. The molecule has 0 amide bonds. The van der Waals surface area contributed by atoms with Crippen LogP contribution in [0.4, 0.5) is 13.2 Å². The first-order valence-electron chi connectivity index (χ1n) is 9.28. The van der Waals surface area contributed by atoms with Crippen LogP contribution < -0.4 is 5.32 Å². The van der Waals surface area contributed by atoms with Gasteiger partial charge in [0.05, 0.1) is 6.61 Å². The van der Waals surface area contributed by atoms with Gasteiger partial charge in [-0.3, -0.25) is 4.99 Å². The van der Waals surface area contributed by atoms with Crippen LogP contribution in [0.25, 0.3) is 0 Å². The molecule has 2 fully saturated rings. The molecule has 27 heavy (non-hydrogen) atoms. The summed E-state index contributed by atoms with van der Waals surface area (Å²) in [7, 11) is -3.51. The smallest absolute Gasteiger partial charge is 0.381 e. The van der Waals surface area contributed by atoms with Crippen LogP contribution in [0.2, 0.25) is 0 Å². The van der Waals surface area contributed by atoms with Crippen LogP contribution in [-0.2, 0) is 14.8 Å². The van der Waals surface area contributed by atoms with Crippen LogP contribution in [0, 0.1) is 11.8 Å². The van der Waals surface area contributed by atoms with Crippen molar-refractivity contribution >= 4 is 16.0 Å². The van der Waals surface area contributed by atoms with Crippen molar-refractivity contribution in [1.29, 1.82) is 0 Å². The SMILES string of the molecule is CCOCC1CCN(C(=NC)NCC2CCN(S(=O)(=O)C(F)(F)F)CC2)C1. The number of guanidine groups is 1. The summed E-state index contributed by atoms with van der Waals surface area (Å²) in [5, 5.41) is 3.29. The van der Waals surface area contributed by atoms with E-state index in [4.69, 9.17) is 4.74 Å². The predicted octanol–water partition coefficient (Wildman–Crippen LogP) is 1.48. The molecule has 0 aromatic carbocycles. The Hall–Kier alpha value is -1.07. The van der Waals surface area contributed by atoms with Crippen molar-refractivity contribution in [2.45, 2.75) is 31.7 Å². The molecule has 2 aliphatic heterocycles. The van der Waals surface area contributed by atoms with Crippen LogP contribution in [0.3, 0.4) is 0 Å². The van der Waals surface area contributed by atoms with E-state index in [1.54, 1.807) is 7.05 Å². The Bertz CT molecular complexity index is 605. The fourth-order valence-corrected chi connectivity index (χ4v) is 4.50. The first-order valence-corrected chi connectivity index (χ1v) is 10.7. The van der Waals surface area contributed by atoms with Crippen LogP contribution in [-0.4, -0.2) is 82.1 Å². The fraction of sp³-hybridized carbons (Fsp3) is 0.938. The zero-order valence-electron chi connectivity index (χ0n) is 15.8. The normalized spacial score (nSPS) is 23.8. The number of nitrogens with one attached hydrogen (secondary N) is 1. The number of hydrogen-bond donors (Lipinski definition) is 1. The zero-order valence-corrected chi connectivity index (χ0v) is 16.7. The fourth-order valence-electron chi connectivity index (χ4n) is 3.51. The molecule has 0 radical (unpaired) electrons. The molecule has 7 nitrogen and oxygen atoms in total. The van der Waals surface area contributed by atoms with Gasteiger partial charge in [0.25, 0.3) is 0 Å². The summed E-state index contributed by atoms with van der Waals surface area (Å²) in [6.07, 6.45) is 1.83. The van der Waals surface area contributed by atoms with Crippen molar-refractivity contribution in [3.8, 4) is 0 Å². The number of rotatable bonds is 6. The molecule has 1 unspecified atom stereocenters. The molecule has 11 heteroatoms. The molecule has 2 aliphatic rings. The van der Waals surface area contributed by atoms with Gasteiger partial charge < -0.3 is 15.0 Å². The minimum absolute atomic E-state index is 0.104. The van der Waals surface area contributed by atoms with Gasteiger partial charge >= 0.3 is 15.5 Å². The summed E-state index contributed by atoms with van der Waals surface area (Å²) in [4.78, 5) is 6.45. The lowest BCUT2D eigenvalue weighted by Crippen LogP contribution is -2.47. The molecular formula is C16H29F3N4O3S. The van der Waals surface area contributed by atoms with Gasteiger partial charge in [0.1, 0.15) is 0 Å². The molecule has 0 bridgehead atoms. The number of aliphatic imine (C=N–C) groups is 1. The highest BCUT2D eigenvalue weighted by atomic mass is 32.2. The largest absolute Gasteiger partial charge is 0.511 e. The van der Waals surface area contributed by atoms with E-state index in [-0.39, 0.29) is 19.0 Å². The maximum Gasteiger partial charge on any atom is 0.511 e. The van der Waals surface area contributed by atoms with Crippen molar-refractivity contribution in [3.05, 3.63) is 0 Å². The summed E-state index contributed by atoms with van der Waals surface area (Å²) in [6, 6.07) is 0. The van der Waals surface area contributed by atoms with Crippen molar-refractivity contribution in [2.75, 3.05) is 53.0 Å². The summed E-state index contributed by atoms with van der Waals surface area (Å²) in [5.74, 6) is 1.36. The Morgan fingerprint density at radius 3 is 2.37 bits per heavy atom. The van der Waals surface area contributed by atoms with E-state index in [9.17, 15) is 21.6 Å². The van der Waals surface area contributed by atoms with Crippen LogP contribution in [0.15, 0.2) is 4.99 Å². The highest BCUT2D eigenvalue weighted by Crippen LogP contribution is 2.30. The second kappa shape index (κ2) is 9.42. The van der Waals surface area contributed by atoms with Gasteiger partial charge in [-0.1, -0.05) is 0 Å². The third-order valence-corrected chi connectivity index (χ3v) is 6.74. The molecule has 0 aromatic heterocycles. The van der Waals surface area contributed by atoms with E-state index in [0.29, 0.717) is 36.2 Å². The van der Waals surface area contributed by atoms with Crippen LogP contribution in [0.1, 0.15) is 26.2 Å². The monoisotopic (exact) mass is 414 g/mol. The topological polar surface area (TPSA) is 74.2 Å². The molecule has 158 valence electrons. The number of halogens is 3. The van der Waals surface area contributed by atoms with E-state index in [0.717, 1.165) is 32.1 Å². The molecule has 2 rings (SSSR count). The average Bonchev–Trinajstić information content (AvgIpc) is 3.08. The molecule has 0 saturated carbocycles. The number of alkyl halides is 3. The molecule has 2 saturated heterocycles. The van der Waals surface area contributed by atoms with E-state index >= 15 is 0 Å². The molecule has 0 aliphatic carbocycles. The lowest BCUT2D eigenvalue weighted by Gasteiger charge is -2.32. The maximum absolute atomic E-state index is 12.6.